The summed E-state index contributed by atoms with van der Waals surface area (Å²) in [6.07, 6.45) is 2.10. The molecule has 5 heteroatoms. The highest BCUT2D eigenvalue weighted by molar-refractivity contribution is 5.81. The predicted molar refractivity (Wildman–Crippen MR) is 90.5 cm³/mol. The second-order valence-electron chi connectivity index (χ2n) is 7.63. The van der Waals surface area contributed by atoms with Gasteiger partial charge in [0.2, 0.25) is 0 Å². The number of halogens is 1. The van der Waals surface area contributed by atoms with E-state index in [9.17, 15) is 9.18 Å². The number of hydrogen-bond acceptors (Lipinski definition) is 3. The van der Waals surface area contributed by atoms with Crippen molar-refractivity contribution in [3.05, 3.63) is 35.8 Å². The first-order valence-electron chi connectivity index (χ1n) is 8.39. The molecule has 0 radical (unpaired) electrons. The van der Waals surface area contributed by atoms with Gasteiger partial charge in [0, 0.05) is 24.5 Å². The van der Waals surface area contributed by atoms with Crippen LogP contribution in [0, 0.1) is 11.7 Å². The number of piperidine rings is 1. The van der Waals surface area contributed by atoms with Gasteiger partial charge in [-0.25, -0.2) is 9.18 Å². The van der Waals surface area contributed by atoms with Crippen molar-refractivity contribution in [3.8, 4) is 0 Å². The van der Waals surface area contributed by atoms with Crippen LogP contribution in [0.25, 0.3) is 11.0 Å². The first-order chi connectivity index (χ1) is 11.2. The molecule has 3 rings (SSSR count). The molecule has 2 heterocycles. The monoisotopic (exact) mass is 333 g/mol. The number of carbonyl (C=O) groups excluding carboxylic acids is 1. The first-order valence-corrected chi connectivity index (χ1v) is 8.39. The smallest absolute Gasteiger partial charge is 0.410 e. The van der Waals surface area contributed by atoms with Gasteiger partial charge in [-0.2, -0.15) is 0 Å². The summed E-state index contributed by atoms with van der Waals surface area (Å²) >= 11 is 0. The number of fused-ring (bicyclic) bond motifs is 1. The molecule has 2 unspecified atom stereocenters. The summed E-state index contributed by atoms with van der Waals surface area (Å²) in [5.74, 6) is 0.125. The molecular weight excluding hydrogens is 309 g/mol. The molecule has 2 aromatic rings. The van der Waals surface area contributed by atoms with E-state index in [4.69, 9.17) is 9.15 Å². The SMILES string of the molecule is CC1CN(C(=O)OC(C)(C)C)CCC1c1cc(F)cc2occc12. The topological polar surface area (TPSA) is 42.7 Å². The molecule has 1 aliphatic rings. The lowest BCUT2D eigenvalue weighted by molar-refractivity contribution is 0.0155. The lowest BCUT2D eigenvalue weighted by Gasteiger charge is -2.38. The van der Waals surface area contributed by atoms with Crippen LogP contribution in [0.1, 0.15) is 45.6 Å². The molecule has 0 saturated carbocycles. The van der Waals surface area contributed by atoms with E-state index in [-0.39, 0.29) is 23.7 Å². The standard InChI is InChI=1S/C19H24FNO3/c1-12-11-21(18(22)24-19(2,3)4)7-5-14(12)16-9-13(20)10-17-15(16)6-8-23-17/h6,8-10,12,14H,5,7,11H2,1-4H3. The van der Waals surface area contributed by atoms with E-state index in [0.717, 1.165) is 17.4 Å². The van der Waals surface area contributed by atoms with Crippen LogP contribution in [0.2, 0.25) is 0 Å². The number of likely N-dealkylation sites (tertiary alicyclic amines) is 1. The van der Waals surface area contributed by atoms with Gasteiger partial charge in [-0.1, -0.05) is 6.92 Å². The number of benzene rings is 1. The third-order valence-corrected chi connectivity index (χ3v) is 4.52. The molecule has 0 bridgehead atoms. The Morgan fingerprint density at radius 2 is 2.12 bits per heavy atom. The van der Waals surface area contributed by atoms with Crippen LogP contribution in [0.15, 0.2) is 28.9 Å². The third kappa shape index (κ3) is 3.40. The van der Waals surface area contributed by atoms with Gasteiger partial charge in [0.05, 0.1) is 6.26 Å². The molecule has 2 atom stereocenters. The van der Waals surface area contributed by atoms with Crippen molar-refractivity contribution in [1.29, 1.82) is 0 Å². The summed E-state index contributed by atoms with van der Waals surface area (Å²) in [5.41, 5.74) is 1.05. The van der Waals surface area contributed by atoms with E-state index in [2.05, 4.69) is 6.92 Å². The summed E-state index contributed by atoms with van der Waals surface area (Å²) in [4.78, 5) is 14.0. The van der Waals surface area contributed by atoms with Gasteiger partial charge in [0.25, 0.3) is 0 Å². The van der Waals surface area contributed by atoms with Gasteiger partial charge in [-0.15, -0.1) is 0 Å². The Kier molecular flexibility index (Phi) is 4.28. The lowest BCUT2D eigenvalue weighted by atomic mass is 9.80. The number of carbonyl (C=O) groups is 1. The van der Waals surface area contributed by atoms with E-state index in [1.165, 1.54) is 6.07 Å². The van der Waals surface area contributed by atoms with Gasteiger partial charge in [0.15, 0.2) is 0 Å². The average Bonchev–Trinajstić information content (AvgIpc) is 2.92. The molecule has 4 nitrogen and oxygen atoms in total. The lowest BCUT2D eigenvalue weighted by Crippen LogP contribution is -2.44. The Morgan fingerprint density at radius 1 is 1.38 bits per heavy atom. The summed E-state index contributed by atoms with van der Waals surface area (Å²) in [5, 5.41) is 0.957. The molecule has 0 aliphatic carbocycles. The minimum absolute atomic E-state index is 0.194. The number of nitrogens with zero attached hydrogens (tertiary/aromatic N) is 1. The second-order valence-corrected chi connectivity index (χ2v) is 7.63. The van der Waals surface area contributed by atoms with E-state index in [0.29, 0.717) is 18.7 Å². The van der Waals surface area contributed by atoms with Crippen molar-refractivity contribution < 1.29 is 18.3 Å². The molecule has 1 amide bonds. The van der Waals surface area contributed by atoms with Crippen LogP contribution in [0.3, 0.4) is 0 Å². The summed E-state index contributed by atoms with van der Waals surface area (Å²) in [6.45, 7) is 8.91. The highest BCUT2D eigenvalue weighted by atomic mass is 19.1. The first kappa shape index (κ1) is 16.8. The zero-order chi connectivity index (χ0) is 17.5. The van der Waals surface area contributed by atoms with Crippen molar-refractivity contribution in [1.82, 2.24) is 4.90 Å². The van der Waals surface area contributed by atoms with Gasteiger partial charge in [-0.05, 0) is 56.7 Å². The number of furan rings is 1. The van der Waals surface area contributed by atoms with Crippen LogP contribution in [0.5, 0.6) is 0 Å². The molecule has 1 aromatic carbocycles. The van der Waals surface area contributed by atoms with Crippen LogP contribution in [-0.2, 0) is 4.74 Å². The zero-order valence-electron chi connectivity index (χ0n) is 14.6. The normalized spacial score (nSPS) is 22.0. The third-order valence-electron chi connectivity index (χ3n) is 4.52. The molecular formula is C19H24FNO3. The second kappa shape index (κ2) is 6.11. The predicted octanol–water partition coefficient (Wildman–Crippen LogP) is 4.93. The minimum atomic E-state index is -0.497. The van der Waals surface area contributed by atoms with Crippen LogP contribution < -0.4 is 0 Å². The van der Waals surface area contributed by atoms with Crippen LogP contribution in [-0.4, -0.2) is 29.7 Å². The Balaban J connectivity index is 1.78. The summed E-state index contributed by atoms with van der Waals surface area (Å²) < 4.78 is 24.7. The number of rotatable bonds is 1. The maximum atomic E-state index is 13.9. The Bertz CT molecular complexity index is 747. The van der Waals surface area contributed by atoms with Gasteiger partial charge in [0.1, 0.15) is 17.0 Å². The van der Waals surface area contributed by atoms with Crippen molar-refractivity contribution >= 4 is 17.1 Å². The van der Waals surface area contributed by atoms with Crippen molar-refractivity contribution in [2.24, 2.45) is 5.92 Å². The summed E-state index contributed by atoms with van der Waals surface area (Å²) in [6, 6.07) is 4.90. The van der Waals surface area contributed by atoms with E-state index in [1.54, 1.807) is 17.2 Å². The molecule has 24 heavy (non-hydrogen) atoms. The van der Waals surface area contributed by atoms with Crippen LogP contribution in [0.4, 0.5) is 9.18 Å². The Hall–Kier alpha value is -2.04. The molecule has 1 aliphatic heterocycles. The Labute approximate surface area is 141 Å². The molecule has 0 spiro atoms. The molecule has 0 N–H and O–H groups in total. The Morgan fingerprint density at radius 3 is 2.79 bits per heavy atom. The van der Waals surface area contributed by atoms with E-state index in [1.807, 2.05) is 26.8 Å². The maximum absolute atomic E-state index is 13.9. The number of ether oxygens (including phenoxy) is 1. The fourth-order valence-electron chi connectivity index (χ4n) is 3.47. The van der Waals surface area contributed by atoms with E-state index >= 15 is 0 Å². The average molecular weight is 333 g/mol. The van der Waals surface area contributed by atoms with Gasteiger partial charge >= 0.3 is 6.09 Å². The van der Waals surface area contributed by atoms with Gasteiger partial charge < -0.3 is 14.1 Å². The number of amides is 1. The molecule has 1 saturated heterocycles. The van der Waals surface area contributed by atoms with Gasteiger partial charge in [-0.3, -0.25) is 0 Å². The summed E-state index contributed by atoms with van der Waals surface area (Å²) in [7, 11) is 0. The molecule has 1 aromatic heterocycles. The highest BCUT2D eigenvalue weighted by Crippen LogP contribution is 2.37. The van der Waals surface area contributed by atoms with Crippen molar-refractivity contribution in [2.75, 3.05) is 13.1 Å². The van der Waals surface area contributed by atoms with Crippen LogP contribution >= 0.6 is 0 Å². The minimum Gasteiger partial charge on any atom is -0.464 e. The number of hydrogen-bond donors (Lipinski definition) is 0. The molecule has 130 valence electrons. The zero-order valence-corrected chi connectivity index (χ0v) is 14.6. The fraction of sp³-hybridized carbons (Fsp3) is 0.526. The largest absolute Gasteiger partial charge is 0.464 e. The fourth-order valence-corrected chi connectivity index (χ4v) is 3.47. The van der Waals surface area contributed by atoms with Crippen molar-refractivity contribution in [2.45, 2.75) is 45.6 Å². The van der Waals surface area contributed by atoms with E-state index < -0.39 is 5.60 Å². The highest BCUT2D eigenvalue weighted by Gasteiger charge is 2.33. The quantitative estimate of drug-likeness (QED) is 0.743. The maximum Gasteiger partial charge on any atom is 0.410 e. The molecule has 1 fully saturated rings. The van der Waals surface area contributed by atoms with Crippen molar-refractivity contribution in [3.63, 3.8) is 0 Å².